The van der Waals surface area contributed by atoms with Gasteiger partial charge >= 0.3 is 0 Å². The van der Waals surface area contributed by atoms with Gasteiger partial charge in [-0.1, -0.05) is 19.9 Å². The molecular weight excluding hydrogens is 276 g/mol. The van der Waals surface area contributed by atoms with Crippen molar-refractivity contribution in [3.63, 3.8) is 0 Å². The minimum atomic E-state index is -0.0905. The third kappa shape index (κ3) is 4.36. The minimum Gasteiger partial charge on any atom is -0.324 e. The Bertz CT molecular complexity index is 613. The molecule has 2 aromatic heterocycles. The van der Waals surface area contributed by atoms with Crippen LogP contribution in [0.5, 0.6) is 0 Å². The molecule has 0 aromatic carbocycles. The highest BCUT2D eigenvalue weighted by atomic mass is 16.1. The quantitative estimate of drug-likeness (QED) is 0.860. The van der Waals surface area contributed by atoms with E-state index in [9.17, 15) is 4.79 Å². The summed E-state index contributed by atoms with van der Waals surface area (Å²) in [5, 5.41) is 6.12. The lowest BCUT2D eigenvalue weighted by molar-refractivity contribution is -0.115. The fourth-order valence-electron chi connectivity index (χ4n) is 2.32. The summed E-state index contributed by atoms with van der Waals surface area (Å²) in [5.74, 6) is 0.243. The molecule has 2 heterocycles. The van der Waals surface area contributed by atoms with Crippen LogP contribution < -0.4 is 10.6 Å². The van der Waals surface area contributed by atoms with Crippen LogP contribution in [-0.4, -0.2) is 22.4 Å². The summed E-state index contributed by atoms with van der Waals surface area (Å²) in [6.45, 7) is 6.50. The van der Waals surface area contributed by atoms with Gasteiger partial charge in [-0.25, -0.2) is 0 Å². The molecule has 22 heavy (non-hydrogen) atoms. The molecule has 2 aromatic rings. The Kier molecular flexibility index (Phi) is 5.61. The molecule has 5 heteroatoms. The Labute approximate surface area is 131 Å². The molecule has 2 N–H and O–H groups in total. The zero-order valence-corrected chi connectivity index (χ0v) is 13.2. The molecule has 1 unspecified atom stereocenters. The number of pyridine rings is 2. The number of rotatable bonds is 6. The van der Waals surface area contributed by atoms with Crippen LogP contribution in [0.25, 0.3) is 0 Å². The number of nitrogens with zero attached hydrogens (tertiary/aromatic N) is 2. The van der Waals surface area contributed by atoms with E-state index < -0.39 is 0 Å². The predicted octanol–water partition coefficient (Wildman–Crippen LogP) is 2.71. The Hall–Kier alpha value is -2.27. The summed E-state index contributed by atoms with van der Waals surface area (Å²) in [7, 11) is 0. The van der Waals surface area contributed by atoms with Gasteiger partial charge in [0.15, 0.2) is 0 Å². The van der Waals surface area contributed by atoms with E-state index in [0.29, 0.717) is 11.6 Å². The number of carbonyl (C=O) groups excluding carboxylic acids is 1. The summed E-state index contributed by atoms with van der Waals surface area (Å²) in [5.41, 5.74) is 2.82. The maximum absolute atomic E-state index is 12.0. The van der Waals surface area contributed by atoms with Crippen molar-refractivity contribution in [2.45, 2.75) is 26.8 Å². The molecular formula is C17H22N4O. The van der Waals surface area contributed by atoms with E-state index in [0.717, 1.165) is 11.3 Å². The van der Waals surface area contributed by atoms with Crippen molar-refractivity contribution in [2.24, 2.45) is 5.92 Å². The van der Waals surface area contributed by atoms with E-state index >= 15 is 0 Å². The van der Waals surface area contributed by atoms with Gasteiger partial charge < -0.3 is 5.32 Å². The molecule has 0 saturated heterocycles. The zero-order chi connectivity index (χ0) is 15.9. The lowest BCUT2D eigenvalue weighted by Crippen LogP contribution is -2.34. The molecule has 1 amide bonds. The normalized spacial score (nSPS) is 12.2. The van der Waals surface area contributed by atoms with Crippen LogP contribution in [-0.2, 0) is 4.79 Å². The molecule has 0 aliphatic rings. The van der Waals surface area contributed by atoms with Gasteiger partial charge in [0.05, 0.1) is 30.2 Å². The first-order valence-electron chi connectivity index (χ1n) is 7.42. The van der Waals surface area contributed by atoms with Gasteiger partial charge in [-0.3, -0.25) is 20.1 Å². The van der Waals surface area contributed by atoms with Crippen molar-refractivity contribution in [1.29, 1.82) is 0 Å². The van der Waals surface area contributed by atoms with Crippen LogP contribution in [0.1, 0.15) is 31.1 Å². The highest BCUT2D eigenvalue weighted by Crippen LogP contribution is 2.22. The Morgan fingerprint density at radius 3 is 2.64 bits per heavy atom. The van der Waals surface area contributed by atoms with E-state index in [4.69, 9.17) is 0 Å². The highest BCUT2D eigenvalue weighted by Gasteiger charge is 2.19. The van der Waals surface area contributed by atoms with Crippen LogP contribution in [0, 0.1) is 12.8 Å². The van der Waals surface area contributed by atoms with E-state index in [-0.39, 0.29) is 18.5 Å². The molecule has 5 nitrogen and oxygen atoms in total. The van der Waals surface area contributed by atoms with Crippen molar-refractivity contribution < 1.29 is 4.79 Å². The lowest BCUT2D eigenvalue weighted by Gasteiger charge is -2.23. The van der Waals surface area contributed by atoms with Crippen LogP contribution in [0.3, 0.4) is 0 Å². The first-order chi connectivity index (χ1) is 10.6. The van der Waals surface area contributed by atoms with E-state index in [2.05, 4.69) is 34.4 Å². The zero-order valence-electron chi connectivity index (χ0n) is 13.2. The smallest absolute Gasteiger partial charge is 0.238 e. The van der Waals surface area contributed by atoms with Crippen LogP contribution in [0.2, 0.25) is 0 Å². The molecule has 0 aliphatic heterocycles. The third-order valence-electron chi connectivity index (χ3n) is 3.44. The molecule has 0 aliphatic carbocycles. The summed E-state index contributed by atoms with van der Waals surface area (Å²) >= 11 is 0. The molecule has 1 atom stereocenters. The van der Waals surface area contributed by atoms with Crippen molar-refractivity contribution in [2.75, 3.05) is 11.9 Å². The number of amides is 1. The van der Waals surface area contributed by atoms with Gasteiger partial charge in [0.25, 0.3) is 0 Å². The second-order valence-corrected chi connectivity index (χ2v) is 5.60. The van der Waals surface area contributed by atoms with E-state index in [1.807, 2.05) is 25.1 Å². The van der Waals surface area contributed by atoms with Gasteiger partial charge in [-0.2, -0.15) is 0 Å². The number of aromatic nitrogens is 2. The van der Waals surface area contributed by atoms with Crippen molar-refractivity contribution in [3.8, 4) is 0 Å². The average molecular weight is 298 g/mol. The van der Waals surface area contributed by atoms with Crippen molar-refractivity contribution in [1.82, 2.24) is 15.3 Å². The molecule has 2 rings (SSSR count). The highest BCUT2D eigenvalue weighted by molar-refractivity contribution is 5.92. The molecule has 0 saturated carbocycles. The second kappa shape index (κ2) is 7.66. The van der Waals surface area contributed by atoms with Crippen molar-refractivity contribution in [3.05, 3.63) is 54.1 Å². The Morgan fingerprint density at radius 2 is 2.00 bits per heavy atom. The number of hydrogen-bond donors (Lipinski definition) is 2. The van der Waals surface area contributed by atoms with Gasteiger partial charge in [-0.15, -0.1) is 0 Å². The predicted molar refractivity (Wildman–Crippen MR) is 87.4 cm³/mol. The first kappa shape index (κ1) is 16.1. The SMILES string of the molecule is Cc1cccnc1C(NCC(=O)Nc1cccnc1)C(C)C. The van der Waals surface area contributed by atoms with Crippen LogP contribution >= 0.6 is 0 Å². The number of carbonyl (C=O) groups is 1. The Balaban J connectivity index is 1.98. The van der Waals surface area contributed by atoms with Gasteiger partial charge in [0.1, 0.15) is 0 Å². The fraction of sp³-hybridized carbons (Fsp3) is 0.353. The van der Waals surface area contributed by atoms with Crippen LogP contribution in [0.15, 0.2) is 42.9 Å². The van der Waals surface area contributed by atoms with Crippen molar-refractivity contribution >= 4 is 11.6 Å². The maximum atomic E-state index is 12.0. The summed E-state index contributed by atoms with van der Waals surface area (Å²) < 4.78 is 0. The molecule has 0 fully saturated rings. The fourth-order valence-corrected chi connectivity index (χ4v) is 2.32. The number of hydrogen-bond acceptors (Lipinski definition) is 4. The second-order valence-electron chi connectivity index (χ2n) is 5.60. The number of anilines is 1. The molecule has 0 radical (unpaired) electrons. The molecule has 0 spiro atoms. The summed E-state index contributed by atoms with van der Waals surface area (Å²) in [6, 6.07) is 7.60. The van der Waals surface area contributed by atoms with Gasteiger partial charge in [0, 0.05) is 12.4 Å². The van der Waals surface area contributed by atoms with E-state index in [1.54, 1.807) is 24.7 Å². The van der Waals surface area contributed by atoms with Crippen LogP contribution in [0.4, 0.5) is 5.69 Å². The summed E-state index contributed by atoms with van der Waals surface area (Å²) in [4.78, 5) is 20.5. The topological polar surface area (TPSA) is 66.9 Å². The molecule has 0 bridgehead atoms. The first-order valence-corrected chi connectivity index (χ1v) is 7.42. The van der Waals surface area contributed by atoms with Gasteiger partial charge in [0.2, 0.25) is 5.91 Å². The van der Waals surface area contributed by atoms with Gasteiger partial charge in [-0.05, 0) is 36.6 Å². The standard InChI is InChI=1S/C17H22N4O/c1-12(2)16(17-13(3)6-4-9-19-17)20-11-15(22)21-14-7-5-8-18-10-14/h4-10,12,16,20H,11H2,1-3H3,(H,21,22). The largest absolute Gasteiger partial charge is 0.324 e. The molecule has 116 valence electrons. The number of aryl methyl sites for hydroxylation is 1. The summed E-state index contributed by atoms with van der Waals surface area (Å²) in [6.07, 6.45) is 5.09. The maximum Gasteiger partial charge on any atom is 0.238 e. The lowest BCUT2D eigenvalue weighted by atomic mass is 9.97. The number of nitrogens with one attached hydrogen (secondary N) is 2. The van der Waals surface area contributed by atoms with E-state index in [1.165, 1.54) is 0 Å². The minimum absolute atomic E-state index is 0.0425. The average Bonchev–Trinajstić information content (AvgIpc) is 2.50. The monoisotopic (exact) mass is 298 g/mol. The third-order valence-corrected chi connectivity index (χ3v) is 3.44. The Morgan fingerprint density at radius 1 is 1.23 bits per heavy atom.